The molecule has 3 heteroatoms. The monoisotopic (exact) mass is 238 g/mol. The Labute approximate surface area is 107 Å². The molecule has 2 aromatic rings. The largest absolute Gasteiger partial charge is 0.495 e. The van der Waals surface area contributed by atoms with Gasteiger partial charge >= 0.3 is 0 Å². The molecule has 0 saturated heterocycles. The molecule has 0 spiro atoms. The van der Waals surface area contributed by atoms with E-state index in [0.29, 0.717) is 5.56 Å². The van der Waals surface area contributed by atoms with E-state index in [1.165, 1.54) is 0 Å². The van der Waals surface area contributed by atoms with Crippen molar-refractivity contribution in [3.63, 3.8) is 0 Å². The third-order valence-corrected chi connectivity index (χ3v) is 2.76. The molecule has 3 nitrogen and oxygen atoms in total. The second kappa shape index (κ2) is 5.24. The molecule has 0 radical (unpaired) electrons. The van der Waals surface area contributed by atoms with E-state index < -0.39 is 0 Å². The van der Waals surface area contributed by atoms with Crippen molar-refractivity contribution in [3.05, 3.63) is 53.6 Å². The normalized spacial score (nSPS) is 9.61. The number of nitriles is 1. The zero-order valence-electron chi connectivity index (χ0n) is 10.4. The van der Waals surface area contributed by atoms with Crippen molar-refractivity contribution in [2.75, 3.05) is 12.4 Å². The highest BCUT2D eigenvalue weighted by atomic mass is 16.5. The predicted octanol–water partition coefficient (Wildman–Crippen LogP) is 3.62. The van der Waals surface area contributed by atoms with Crippen LogP contribution in [0.5, 0.6) is 5.75 Å². The molecule has 0 fully saturated rings. The summed E-state index contributed by atoms with van der Waals surface area (Å²) in [6.45, 7) is 1.97. The Morgan fingerprint density at radius 1 is 1.11 bits per heavy atom. The van der Waals surface area contributed by atoms with E-state index in [4.69, 9.17) is 10.00 Å². The molecule has 0 aromatic heterocycles. The summed E-state index contributed by atoms with van der Waals surface area (Å²) in [5.74, 6) is 0.754. The second-order valence-corrected chi connectivity index (χ2v) is 3.93. The molecule has 0 saturated carbocycles. The molecule has 2 aromatic carbocycles. The van der Waals surface area contributed by atoms with Gasteiger partial charge in [0.25, 0.3) is 0 Å². The van der Waals surface area contributed by atoms with Gasteiger partial charge in [-0.05, 0) is 30.7 Å². The first kappa shape index (κ1) is 12.0. The first-order valence-corrected chi connectivity index (χ1v) is 5.66. The van der Waals surface area contributed by atoms with E-state index in [9.17, 15) is 0 Å². The minimum Gasteiger partial charge on any atom is -0.495 e. The van der Waals surface area contributed by atoms with Gasteiger partial charge in [-0.3, -0.25) is 0 Å². The van der Waals surface area contributed by atoms with Crippen molar-refractivity contribution < 1.29 is 4.74 Å². The van der Waals surface area contributed by atoms with E-state index in [0.717, 1.165) is 22.7 Å². The minimum absolute atomic E-state index is 0.626. The number of nitrogens with one attached hydrogen (secondary N) is 1. The number of hydrogen-bond acceptors (Lipinski definition) is 3. The Hall–Kier alpha value is -2.47. The van der Waals surface area contributed by atoms with Gasteiger partial charge in [-0.25, -0.2) is 0 Å². The summed E-state index contributed by atoms with van der Waals surface area (Å²) in [6.07, 6.45) is 0. The average Bonchev–Trinajstić information content (AvgIpc) is 2.41. The first-order chi connectivity index (χ1) is 8.76. The minimum atomic E-state index is 0.626. The lowest BCUT2D eigenvalue weighted by atomic mass is 10.1. The topological polar surface area (TPSA) is 45.0 Å². The van der Waals surface area contributed by atoms with Crippen molar-refractivity contribution in [2.45, 2.75) is 6.92 Å². The molecular weight excluding hydrogens is 224 g/mol. The number of nitrogens with zero attached hydrogens (tertiary/aromatic N) is 1. The highest BCUT2D eigenvalue weighted by Gasteiger charge is 2.08. The zero-order valence-corrected chi connectivity index (χ0v) is 10.4. The SMILES string of the molecule is COc1ccccc1Nc1c(C)cccc1C#N. The van der Waals surface area contributed by atoms with E-state index in [2.05, 4.69) is 11.4 Å². The molecule has 0 amide bonds. The van der Waals surface area contributed by atoms with Gasteiger partial charge in [0.15, 0.2) is 0 Å². The van der Waals surface area contributed by atoms with Crippen molar-refractivity contribution in [2.24, 2.45) is 0 Å². The number of anilines is 2. The van der Waals surface area contributed by atoms with Crippen LogP contribution in [0.15, 0.2) is 42.5 Å². The van der Waals surface area contributed by atoms with E-state index in [1.807, 2.05) is 43.3 Å². The number of para-hydroxylation sites is 3. The standard InChI is InChI=1S/C15H14N2O/c1-11-6-5-7-12(10-16)15(11)17-13-8-3-4-9-14(13)18-2/h3-9,17H,1-2H3. The Morgan fingerprint density at radius 3 is 2.61 bits per heavy atom. The van der Waals surface area contributed by atoms with E-state index in [-0.39, 0.29) is 0 Å². The van der Waals surface area contributed by atoms with Crippen LogP contribution in [0.3, 0.4) is 0 Å². The quantitative estimate of drug-likeness (QED) is 0.888. The fourth-order valence-corrected chi connectivity index (χ4v) is 1.81. The summed E-state index contributed by atoms with van der Waals surface area (Å²) in [5, 5.41) is 12.4. The molecule has 18 heavy (non-hydrogen) atoms. The van der Waals surface area contributed by atoms with Crippen LogP contribution in [-0.4, -0.2) is 7.11 Å². The summed E-state index contributed by atoms with van der Waals surface area (Å²) >= 11 is 0. The van der Waals surface area contributed by atoms with Crippen LogP contribution in [0.1, 0.15) is 11.1 Å². The molecule has 1 N–H and O–H groups in total. The van der Waals surface area contributed by atoms with Crippen molar-refractivity contribution in [3.8, 4) is 11.8 Å². The summed E-state index contributed by atoms with van der Waals surface area (Å²) in [6, 6.07) is 15.5. The molecule has 0 aliphatic heterocycles. The van der Waals surface area contributed by atoms with Gasteiger partial charge in [0.05, 0.1) is 24.0 Å². The number of benzene rings is 2. The smallest absolute Gasteiger partial charge is 0.142 e. The Morgan fingerprint density at radius 2 is 1.89 bits per heavy atom. The summed E-state index contributed by atoms with van der Waals surface area (Å²) in [5.41, 5.74) is 3.33. The molecule has 0 unspecified atom stereocenters. The number of rotatable bonds is 3. The maximum Gasteiger partial charge on any atom is 0.142 e. The number of methoxy groups -OCH3 is 1. The molecule has 0 heterocycles. The van der Waals surface area contributed by atoms with Gasteiger partial charge in [0.2, 0.25) is 0 Å². The van der Waals surface area contributed by atoms with E-state index >= 15 is 0 Å². The fourth-order valence-electron chi connectivity index (χ4n) is 1.81. The summed E-state index contributed by atoms with van der Waals surface area (Å²) in [7, 11) is 1.63. The van der Waals surface area contributed by atoms with Gasteiger partial charge in [-0.15, -0.1) is 0 Å². The highest BCUT2D eigenvalue weighted by molar-refractivity contribution is 5.73. The van der Waals surface area contributed by atoms with Crippen LogP contribution in [-0.2, 0) is 0 Å². The maximum atomic E-state index is 9.13. The van der Waals surface area contributed by atoms with Crippen molar-refractivity contribution in [1.29, 1.82) is 5.26 Å². The lowest BCUT2D eigenvalue weighted by Gasteiger charge is -2.14. The third-order valence-electron chi connectivity index (χ3n) is 2.76. The number of aryl methyl sites for hydroxylation is 1. The highest BCUT2D eigenvalue weighted by Crippen LogP contribution is 2.30. The fraction of sp³-hybridized carbons (Fsp3) is 0.133. The Bertz CT molecular complexity index is 600. The van der Waals surface area contributed by atoms with Gasteiger partial charge in [0, 0.05) is 0 Å². The molecular formula is C15H14N2O. The van der Waals surface area contributed by atoms with Gasteiger partial charge < -0.3 is 10.1 Å². The molecule has 90 valence electrons. The van der Waals surface area contributed by atoms with E-state index in [1.54, 1.807) is 13.2 Å². The first-order valence-electron chi connectivity index (χ1n) is 5.66. The third kappa shape index (κ3) is 2.28. The predicted molar refractivity (Wildman–Crippen MR) is 72.2 cm³/mol. The van der Waals surface area contributed by atoms with Crippen molar-refractivity contribution >= 4 is 11.4 Å². The van der Waals surface area contributed by atoms with Gasteiger partial charge in [-0.1, -0.05) is 24.3 Å². The van der Waals surface area contributed by atoms with Crippen LogP contribution < -0.4 is 10.1 Å². The lowest BCUT2D eigenvalue weighted by Crippen LogP contribution is -1.98. The molecule has 0 bridgehead atoms. The van der Waals surface area contributed by atoms with Gasteiger partial charge in [0.1, 0.15) is 11.8 Å². The van der Waals surface area contributed by atoms with Crippen LogP contribution >= 0.6 is 0 Å². The van der Waals surface area contributed by atoms with Crippen LogP contribution in [0, 0.1) is 18.3 Å². The summed E-state index contributed by atoms with van der Waals surface area (Å²) in [4.78, 5) is 0. The average molecular weight is 238 g/mol. The number of ether oxygens (including phenoxy) is 1. The zero-order chi connectivity index (χ0) is 13.0. The van der Waals surface area contributed by atoms with Crippen molar-refractivity contribution in [1.82, 2.24) is 0 Å². The molecule has 0 atom stereocenters. The lowest BCUT2D eigenvalue weighted by molar-refractivity contribution is 0.417. The Kier molecular flexibility index (Phi) is 3.49. The van der Waals surface area contributed by atoms with Gasteiger partial charge in [-0.2, -0.15) is 5.26 Å². The van der Waals surface area contributed by atoms with Crippen LogP contribution in [0.4, 0.5) is 11.4 Å². The Balaban J connectivity index is 2.43. The second-order valence-electron chi connectivity index (χ2n) is 3.93. The molecule has 0 aliphatic carbocycles. The maximum absolute atomic E-state index is 9.13. The summed E-state index contributed by atoms with van der Waals surface area (Å²) < 4.78 is 5.29. The number of hydrogen-bond donors (Lipinski definition) is 1. The molecule has 2 rings (SSSR count). The molecule has 0 aliphatic rings. The van der Waals surface area contributed by atoms with Crippen LogP contribution in [0.25, 0.3) is 0 Å². The van der Waals surface area contributed by atoms with Crippen LogP contribution in [0.2, 0.25) is 0 Å².